The van der Waals surface area contributed by atoms with Gasteiger partial charge in [0.2, 0.25) is 5.91 Å². The van der Waals surface area contributed by atoms with Gasteiger partial charge in [-0.2, -0.15) is 0 Å². The highest BCUT2D eigenvalue weighted by molar-refractivity contribution is 5.92. The number of benzene rings is 1. The van der Waals surface area contributed by atoms with E-state index < -0.39 is 11.7 Å². The van der Waals surface area contributed by atoms with Gasteiger partial charge in [0.05, 0.1) is 5.69 Å². The van der Waals surface area contributed by atoms with Gasteiger partial charge in [-0.1, -0.05) is 6.07 Å². The third kappa shape index (κ3) is 3.58. The minimum absolute atomic E-state index is 0.165. The number of carbonyl (C=O) groups excluding carboxylic acids is 1. The molecule has 6 heteroatoms. The molecule has 2 aromatic rings. The Bertz CT molecular complexity index is 630. The van der Waals surface area contributed by atoms with Gasteiger partial charge in [-0.25, -0.2) is 14.4 Å². The van der Waals surface area contributed by atoms with Gasteiger partial charge < -0.3 is 11.1 Å². The van der Waals surface area contributed by atoms with Gasteiger partial charge in [-0.3, -0.25) is 4.79 Å². The maximum absolute atomic E-state index is 13.7. The lowest BCUT2D eigenvalue weighted by atomic mass is 10.1. The second-order valence-electron chi connectivity index (χ2n) is 4.37. The molecule has 2 rings (SSSR count). The van der Waals surface area contributed by atoms with E-state index in [2.05, 4.69) is 15.3 Å². The fourth-order valence-electron chi connectivity index (χ4n) is 1.77. The second kappa shape index (κ2) is 6.21. The number of hydrogen-bond donors (Lipinski definition) is 2. The molecule has 1 aromatic heterocycles. The quantitative estimate of drug-likeness (QED) is 0.861. The van der Waals surface area contributed by atoms with E-state index >= 15 is 0 Å². The summed E-state index contributed by atoms with van der Waals surface area (Å²) in [5.74, 6) is -0.395. The number of amides is 1. The van der Waals surface area contributed by atoms with E-state index in [-0.39, 0.29) is 5.56 Å². The fourth-order valence-corrected chi connectivity index (χ4v) is 1.77. The van der Waals surface area contributed by atoms with Crippen LogP contribution in [-0.4, -0.2) is 15.9 Å². The zero-order chi connectivity index (χ0) is 14.5. The van der Waals surface area contributed by atoms with Crippen LogP contribution in [0.25, 0.3) is 0 Å². The van der Waals surface area contributed by atoms with Crippen LogP contribution in [0.1, 0.15) is 27.4 Å². The molecule has 20 heavy (non-hydrogen) atoms. The highest BCUT2D eigenvalue weighted by atomic mass is 19.1. The summed E-state index contributed by atoms with van der Waals surface area (Å²) in [7, 11) is 0. The number of nitrogens with zero attached hydrogens (tertiary/aromatic N) is 2. The number of halogens is 1. The number of aryl methyl sites for hydroxylation is 1. The van der Waals surface area contributed by atoms with E-state index in [9.17, 15) is 9.18 Å². The summed E-state index contributed by atoms with van der Waals surface area (Å²) in [5.41, 5.74) is 6.56. The van der Waals surface area contributed by atoms with Gasteiger partial charge in [0, 0.05) is 30.4 Å². The van der Waals surface area contributed by atoms with Crippen LogP contribution in [0.4, 0.5) is 4.39 Å². The molecule has 0 aliphatic carbocycles. The van der Waals surface area contributed by atoms with Crippen molar-refractivity contribution in [3.63, 3.8) is 0 Å². The highest BCUT2D eigenvalue weighted by Gasteiger charge is 2.06. The number of rotatable bonds is 5. The van der Waals surface area contributed by atoms with Crippen LogP contribution in [0, 0.1) is 12.7 Å². The third-order valence-electron chi connectivity index (χ3n) is 2.79. The molecule has 5 nitrogen and oxygen atoms in total. The Labute approximate surface area is 116 Å². The van der Waals surface area contributed by atoms with Crippen LogP contribution >= 0.6 is 0 Å². The Hall–Kier alpha value is -2.34. The van der Waals surface area contributed by atoms with E-state index in [0.717, 1.165) is 11.8 Å². The second-order valence-corrected chi connectivity index (χ2v) is 4.37. The highest BCUT2D eigenvalue weighted by Crippen LogP contribution is 2.10. The normalized spacial score (nSPS) is 10.5. The Kier molecular flexibility index (Phi) is 4.37. The van der Waals surface area contributed by atoms with Crippen LogP contribution in [-0.2, 0) is 13.1 Å². The van der Waals surface area contributed by atoms with E-state index in [1.165, 1.54) is 6.07 Å². The third-order valence-corrected chi connectivity index (χ3v) is 2.79. The van der Waals surface area contributed by atoms with E-state index in [0.29, 0.717) is 24.5 Å². The maximum Gasteiger partial charge on any atom is 0.248 e. The van der Waals surface area contributed by atoms with Gasteiger partial charge in [-0.15, -0.1) is 0 Å². The van der Waals surface area contributed by atoms with Gasteiger partial charge in [0.1, 0.15) is 11.6 Å². The molecule has 0 unspecified atom stereocenters. The molecule has 1 amide bonds. The zero-order valence-electron chi connectivity index (χ0n) is 11.1. The van der Waals surface area contributed by atoms with Crippen molar-refractivity contribution in [2.45, 2.75) is 20.0 Å². The largest absolute Gasteiger partial charge is 0.366 e. The van der Waals surface area contributed by atoms with Crippen molar-refractivity contribution >= 4 is 5.91 Å². The number of hydrogen-bond acceptors (Lipinski definition) is 4. The summed E-state index contributed by atoms with van der Waals surface area (Å²) in [5, 5.41) is 3.09. The van der Waals surface area contributed by atoms with Crippen LogP contribution in [0.2, 0.25) is 0 Å². The first kappa shape index (κ1) is 14.1. The molecule has 0 saturated heterocycles. The van der Waals surface area contributed by atoms with Crippen molar-refractivity contribution < 1.29 is 9.18 Å². The molecule has 0 spiro atoms. The molecular formula is C14H15FN4O. The van der Waals surface area contributed by atoms with Crippen LogP contribution in [0.3, 0.4) is 0 Å². The molecule has 1 aromatic carbocycles. The molecule has 0 aliphatic rings. The van der Waals surface area contributed by atoms with E-state index in [1.807, 2.05) is 6.92 Å². The maximum atomic E-state index is 13.7. The molecule has 104 valence electrons. The predicted octanol–water partition coefficient (Wildman–Crippen LogP) is 1.31. The molecule has 3 N–H and O–H groups in total. The SMILES string of the molecule is Cc1nccc(CNCc2ccc(C(N)=O)cc2F)n1. The van der Waals surface area contributed by atoms with Crippen molar-refractivity contribution in [1.82, 2.24) is 15.3 Å². The Morgan fingerprint density at radius 3 is 2.80 bits per heavy atom. The average Bonchev–Trinajstić information content (AvgIpc) is 2.40. The average molecular weight is 274 g/mol. The fraction of sp³-hybridized carbons (Fsp3) is 0.214. The van der Waals surface area contributed by atoms with Crippen LogP contribution < -0.4 is 11.1 Å². The summed E-state index contributed by atoms with van der Waals surface area (Å²) in [4.78, 5) is 19.2. The Balaban J connectivity index is 1.96. The number of aromatic nitrogens is 2. The Morgan fingerprint density at radius 2 is 2.15 bits per heavy atom. The standard InChI is InChI=1S/C14H15FN4O/c1-9-18-5-4-12(19-9)8-17-7-11-3-2-10(14(16)20)6-13(11)15/h2-6,17H,7-8H2,1H3,(H2,16,20). The summed E-state index contributed by atoms with van der Waals surface area (Å²) in [6.45, 7) is 2.67. The van der Waals surface area contributed by atoms with Crippen LogP contribution in [0.15, 0.2) is 30.5 Å². The number of nitrogens with two attached hydrogens (primary N) is 1. The summed E-state index contributed by atoms with van der Waals surface area (Å²) >= 11 is 0. The van der Waals surface area contributed by atoms with Gasteiger partial charge in [0.15, 0.2) is 0 Å². The van der Waals surface area contributed by atoms with Crippen molar-refractivity contribution in [2.24, 2.45) is 5.73 Å². The lowest BCUT2D eigenvalue weighted by Gasteiger charge is -2.07. The number of primary amides is 1. The molecule has 0 bridgehead atoms. The molecular weight excluding hydrogens is 259 g/mol. The molecule has 0 aliphatic heterocycles. The first-order chi connectivity index (χ1) is 9.56. The first-order valence-electron chi connectivity index (χ1n) is 6.14. The van der Waals surface area contributed by atoms with Crippen LogP contribution in [0.5, 0.6) is 0 Å². The van der Waals surface area contributed by atoms with Gasteiger partial charge >= 0.3 is 0 Å². The molecule has 0 saturated carbocycles. The van der Waals surface area contributed by atoms with Crippen molar-refractivity contribution in [3.8, 4) is 0 Å². The predicted molar refractivity (Wildman–Crippen MR) is 72.2 cm³/mol. The van der Waals surface area contributed by atoms with Gasteiger partial charge in [0.25, 0.3) is 0 Å². The van der Waals surface area contributed by atoms with E-state index in [4.69, 9.17) is 5.73 Å². The van der Waals surface area contributed by atoms with E-state index in [1.54, 1.807) is 18.3 Å². The van der Waals surface area contributed by atoms with Crippen molar-refractivity contribution in [1.29, 1.82) is 0 Å². The van der Waals surface area contributed by atoms with Crippen molar-refractivity contribution in [3.05, 3.63) is 58.9 Å². The Morgan fingerprint density at radius 1 is 1.35 bits per heavy atom. The molecule has 0 radical (unpaired) electrons. The number of nitrogens with one attached hydrogen (secondary N) is 1. The van der Waals surface area contributed by atoms with Crippen molar-refractivity contribution in [2.75, 3.05) is 0 Å². The lowest BCUT2D eigenvalue weighted by Crippen LogP contribution is -2.16. The minimum atomic E-state index is -0.639. The topological polar surface area (TPSA) is 80.9 Å². The molecule has 1 heterocycles. The smallest absolute Gasteiger partial charge is 0.248 e. The minimum Gasteiger partial charge on any atom is -0.366 e. The summed E-state index contributed by atoms with van der Waals surface area (Å²) in [6, 6.07) is 6.01. The van der Waals surface area contributed by atoms with Gasteiger partial charge in [-0.05, 0) is 25.1 Å². The molecule has 0 atom stereocenters. The lowest BCUT2D eigenvalue weighted by molar-refractivity contribution is 0.1000. The monoisotopic (exact) mass is 274 g/mol. The number of carbonyl (C=O) groups is 1. The summed E-state index contributed by atoms with van der Waals surface area (Å²) in [6.07, 6.45) is 1.68. The first-order valence-corrected chi connectivity index (χ1v) is 6.14. The summed E-state index contributed by atoms with van der Waals surface area (Å²) < 4.78 is 13.7. The molecule has 0 fully saturated rings. The zero-order valence-corrected chi connectivity index (χ0v) is 11.1.